The molecule has 1 heterocycles. The van der Waals surface area contributed by atoms with E-state index in [1.165, 1.54) is 5.56 Å². The number of hydrogen-bond acceptors (Lipinski definition) is 3. The Balaban J connectivity index is 3.22. The lowest BCUT2D eigenvalue weighted by Gasteiger charge is -2.15. The van der Waals surface area contributed by atoms with Gasteiger partial charge in [0.15, 0.2) is 0 Å². The molecule has 0 aliphatic carbocycles. The summed E-state index contributed by atoms with van der Waals surface area (Å²) in [5, 5.41) is 18.0. The molecule has 1 aromatic heterocycles. The first kappa shape index (κ1) is 12.1. The molecule has 0 atom stereocenters. The average molecular weight is 209 g/mol. The molecule has 1 aromatic rings. The van der Waals surface area contributed by atoms with Crippen molar-refractivity contribution in [3.05, 3.63) is 28.1 Å². The molecule has 0 amide bonds. The van der Waals surface area contributed by atoms with Crippen LogP contribution in [0.3, 0.4) is 0 Å². The summed E-state index contributed by atoms with van der Waals surface area (Å²) in [7, 11) is 0. The van der Waals surface area contributed by atoms with Crippen molar-refractivity contribution < 1.29 is 10.2 Å². The molecule has 0 aliphatic rings. The van der Waals surface area contributed by atoms with Crippen LogP contribution in [0.1, 0.15) is 28.1 Å². The second-order valence-electron chi connectivity index (χ2n) is 3.81. The van der Waals surface area contributed by atoms with Gasteiger partial charge in [0.25, 0.3) is 0 Å². The van der Waals surface area contributed by atoms with Crippen molar-refractivity contribution in [2.24, 2.45) is 0 Å². The van der Waals surface area contributed by atoms with Crippen LogP contribution in [-0.4, -0.2) is 28.4 Å². The highest BCUT2D eigenvalue weighted by molar-refractivity contribution is 5.39. The molecule has 0 aliphatic heterocycles. The van der Waals surface area contributed by atoms with Crippen molar-refractivity contribution >= 4 is 0 Å². The lowest BCUT2D eigenvalue weighted by Crippen LogP contribution is -2.08. The summed E-state index contributed by atoms with van der Waals surface area (Å²) in [6.45, 7) is 6.26. The summed E-state index contributed by atoms with van der Waals surface area (Å²) in [5.74, 6) is 0. The van der Waals surface area contributed by atoms with Gasteiger partial charge < -0.3 is 10.2 Å². The van der Waals surface area contributed by atoms with Gasteiger partial charge in [0.05, 0.1) is 0 Å². The highest BCUT2D eigenvalue weighted by Crippen LogP contribution is 2.20. The third-order valence-corrected chi connectivity index (χ3v) is 2.84. The first-order chi connectivity index (χ1) is 7.11. The highest BCUT2D eigenvalue weighted by atomic mass is 16.3. The topological polar surface area (TPSA) is 53.4 Å². The first-order valence-electron chi connectivity index (χ1n) is 5.29. The van der Waals surface area contributed by atoms with Crippen LogP contribution in [0.25, 0.3) is 0 Å². The number of hydrogen-bond donors (Lipinski definition) is 2. The van der Waals surface area contributed by atoms with Crippen LogP contribution in [0.15, 0.2) is 0 Å². The minimum atomic E-state index is 0.144. The predicted molar refractivity (Wildman–Crippen MR) is 60.0 cm³/mol. The smallest absolute Gasteiger partial charge is 0.0472 e. The Morgan fingerprint density at radius 2 is 1.27 bits per heavy atom. The molecule has 0 unspecified atom stereocenters. The van der Waals surface area contributed by atoms with E-state index in [0.717, 1.165) is 22.5 Å². The number of rotatable bonds is 4. The van der Waals surface area contributed by atoms with Crippen LogP contribution in [-0.2, 0) is 12.8 Å². The van der Waals surface area contributed by atoms with Crippen molar-refractivity contribution in [3.8, 4) is 0 Å². The zero-order chi connectivity index (χ0) is 11.4. The van der Waals surface area contributed by atoms with Crippen molar-refractivity contribution in [1.82, 2.24) is 4.98 Å². The Labute approximate surface area is 90.8 Å². The van der Waals surface area contributed by atoms with E-state index in [2.05, 4.69) is 4.98 Å². The van der Waals surface area contributed by atoms with Gasteiger partial charge in [-0.05, 0) is 50.3 Å². The van der Waals surface area contributed by atoms with E-state index in [9.17, 15) is 0 Å². The number of aromatic nitrogens is 1. The minimum Gasteiger partial charge on any atom is -0.396 e. The zero-order valence-electron chi connectivity index (χ0n) is 9.67. The zero-order valence-corrected chi connectivity index (χ0v) is 9.67. The standard InChI is InChI=1S/C12H19NO2/c1-8-11(4-6-14)9(2)13-10(3)12(8)5-7-15/h14-15H,4-7H2,1-3H3. The normalized spacial score (nSPS) is 10.7. The van der Waals surface area contributed by atoms with Crippen LogP contribution < -0.4 is 0 Å². The van der Waals surface area contributed by atoms with Crippen molar-refractivity contribution in [2.45, 2.75) is 33.6 Å². The summed E-state index contributed by atoms with van der Waals surface area (Å²) >= 11 is 0. The first-order valence-corrected chi connectivity index (χ1v) is 5.29. The molecule has 0 bridgehead atoms. The third kappa shape index (κ3) is 2.55. The molecular formula is C12H19NO2. The SMILES string of the molecule is Cc1nc(C)c(CCO)c(C)c1CCO. The van der Waals surface area contributed by atoms with Gasteiger partial charge in [-0.2, -0.15) is 0 Å². The van der Waals surface area contributed by atoms with Gasteiger partial charge in [0.2, 0.25) is 0 Å². The van der Waals surface area contributed by atoms with E-state index in [1.54, 1.807) is 0 Å². The van der Waals surface area contributed by atoms with Crippen molar-refractivity contribution in [2.75, 3.05) is 13.2 Å². The van der Waals surface area contributed by atoms with E-state index >= 15 is 0 Å². The van der Waals surface area contributed by atoms with Crippen molar-refractivity contribution in [1.29, 1.82) is 0 Å². The maximum atomic E-state index is 8.98. The highest BCUT2D eigenvalue weighted by Gasteiger charge is 2.11. The molecular weight excluding hydrogens is 190 g/mol. The average Bonchev–Trinajstić information content (AvgIpc) is 2.19. The number of aryl methyl sites for hydroxylation is 2. The monoisotopic (exact) mass is 209 g/mol. The minimum absolute atomic E-state index is 0.144. The molecule has 1 rings (SSSR count). The maximum absolute atomic E-state index is 8.98. The van der Waals surface area contributed by atoms with Crippen LogP contribution in [0.5, 0.6) is 0 Å². The Morgan fingerprint density at radius 1 is 0.867 bits per heavy atom. The Hall–Kier alpha value is -0.930. The third-order valence-electron chi connectivity index (χ3n) is 2.84. The van der Waals surface area contributed by atoms with Crippen LogP contribution in [0, 0.1) is 20.8 Å². The fourth-order valence-electron chi connectivity index (χ4n) is 2.07. The van der Waals surface area contributed by atoms with Gasteiger partial charge in [-0.1, -0.05) is 0 Å². The lowest BCUT2D eigenvalue weighted by atomic mass is 9.96. The molecule has 15 heavy (non-hydrogen) atoms. The molecule has 84 valence electrons. The van der Waals surface area contributed by atoms with Gasteiger partial charge in [-0.15, -0.1) is 0 Å². The quantitative estimate of drug-likeness (QED) is 0.780. The van der Waals surface area contributed by atoms with Crippen LogP contribution in [0.4, 0.5) is 0 Å². The molecule has 0 saturated carbocycles. The largest absolute Gasteiger partial charge is 0.396 e. The second-order valence-corrected chi connectivity index (χ2v) is 3.81. The van der Waals surface area contributed by atoms with Gasteiger partial charge >= 0.3 is 0 Å². The summed E-state index contributed by atoms with van der Waals surface area (Å²) < 4.78 is 0. The van der Waals surface area contributed by atoms with Crippen LogP contribution >= 0.6 is 0 Å². The molecule has 0 radical (unpaired) electrons. The van der Waals surface area contributed by atoms with Gasteiger partial charge in [-0.3, -0.25) is 4.98 Å². The molecule has 2 N–H and O–H groups in total. The van der Waals surface area contributed by atoms with E-state index in [-0.39, 0.29) is 13.2 Å². The summed E-state index contributed by atoms with van der Waals surface area (Å²) in [6, 6.07) is 0. The summed E-state index contributed by atoms with van der Waals surface area (Å²) in [5.41, 5.74) is 5.38. The van der Waals surface area contributed by atoms with Gasteiger partial charge in [0.1, 0.15) is 0 Å². The molecule has 3 heteroatoms. The Bertz CT molecular complexity index is 318. The molecule has 0 fully saturated rings. The van der Waals surface area contributed by atoms with Gasteiger partial charge in [0, 0.05) is 24.6 Å². The van der Waals surface area contributed by atoms with Crippen LogP contribution in [0.2, 0.25) is 0 Å². The summed E-state index contributed by atoms with van der Waals surface area (Å²) in [4.78, 5) is 4.45. The lowest BCUT2D eigenvalue weighted by molar-refractivity contribution is 0.297. The number of aliphatic hydroxyl groups is 2. The van der Waals surface area contributed by atoms with Gasteiger partial charge in [-0.25, -0.2) is 0 Å². The van der Waals surface area contributed by atoms with E-state index in [4.69, 9.17) is 10.2 Å². The number of aliphatic hydroxyl groups excluding tert-OH is 2. The maximum Gasteiger partial charge on any atom is 0.0472 e. The number of nitrogens with zero attached hydrogens (tertiary/aromatic N) is 1. The molecule has 0 spiro atoms. The molecule has 0 aromatic carbocycles. The molecule has 0 saturated heterocycles. The van der Waals surface area contributed by atoms with E-state index in [1.807, 2.05) is 20.8 Å². The molecule has 3 nitrogen and oxygen atoms in total. The fourth-order valence-corrected chi connectivity index (χ4v) is 2.07. The predicted octanol–water partition coefficient (Wildman–Crippen LogP) is 1.08. The second kappa shape index (κ2) is 5.24. The fraction of sp³-hybridized carbons (Fsp3) is 0.583. The summed E-state index contributed by atoms with van der Waals surface area (Å²) in [6.07, 6.45) is 1.28. The van der Waals surface area contributed by atoms with Crippen molar-refractivity contribution in [3.63, 3.8) is 0 Å². The van der Waals surface area contributed by atoms with E-state index < -0.39 is 0 Å². The Morgan fingerprint density at radius 3 is 1.60 bits per heavy atom. The van der Waals surface area contributed by atoms with E-state index in [0.29, 0.717) is 12.8 Å². The number of pyridine rings is 1. The Kier molecular flexibility index (Phi) is 4.24.